The third-order valence-electron chi connectivity index (χ3n) is 4.72. The minimum atomic E-state index is 0. The van der Waals surface area contributed by atoms with E-state index in [0.29, 0.717) is 26.2 Å². The number of ether oxygens (including phenoxy) is 1. The minimum Gasteiger partial charge on any atom is -0.383 e. The van der Waals surface area contributed by atoms with E-state index in [9.17, 15) is 4.79 Å². The average Bonchev–Trinajstić information content (AvgIpc) is 3.14. The molecule has 156 valence electrons. The van der Waals surface area contributed by atoms with Gasteiger partial charge in [-0.2, -0.15) is 0 Å². The second-order valence-electron chi connectivity index (χ2n) is 6.49. The highest BCUT2D eigenvalue weighted by Gasteiger charge is 2.25. The molecule has 1 aromatic carbocycles. The van der Waals surface area contributed by atoms with Crippen LogP contribution in [0.2, 0.25) is 0 Å². The smallest absolute Gasteiger partial charge is 0.234 e. The van der Waals surface area contributed by atoms with E-state index < -0.39 is 0 Å². The fourth-order valence-electron chi connectivity index (χ4n) is 3.32. The monoisotopic (exact) mass is 445 g/mol. The third kappa shape index (κ3) is 7.03. The summed E-state index contributed by atoms with van der Waals surface area (Å²) in [7, 11) is 1.66. The van der Waals surface area contributed by atoms with Crippen LogP contribution in [-0.2, 0) is 22.5 Å². The maximum atomic E-state index is 12.2. The van der Waals surface area contributed by atoms with Crippen molar-refractivity contribution in [1.82, 2.24) is 15.5 Å². The highest BCUT2D eigenvalue weighted by Crippen LogP contribution is 2.30. The number of rotatable bonds is 9. The Bertz CT molecular complexity index is 700. The van der Waals surface area contributed by atoms with E-state index in [1.807, 2.05) is 17.4 Å². The molecule has 3 rings (SSSR count). The molecule has 1 unspecified atom stereocenters. The Morgan fingerprint density at radius 1 is 1.25 bits per heavy atom. The molecule has 0 spiro atoms. The topological polar surface area (TPSA) is 53.6 Å². The molecule has 2 aromatic rings. The molecule has 0 fully saturated rings. The summed E-state index contributed by atoms with van der Waals surface area (Å²) in [6, 6.07) is 12.9. The van der Waals surface area contributed by atoms with Crippen molar-refractivity contribution in [1.29, 1.82) is 0 Å². The number of nitrogens with zero attached hydrogens (tertiary/aromatic N) is 1. The van der Waals surface area contributed by atoms with Crippen molar-refractivity contribution in [3.63, 3.8) is 0 Å². The lowest BCUT2D eigenvalue weighted by atomic mass is 10.0. The van der Waals surface area contributed by atoms with E-state index in [-0.39, 0.29) is 36.8 Å². The molecule has 0 saturated carbocycles. The van der Waals surface area contributed by atoms with Gasteiger partial charge in [0.05, 0.1) is 19.2 Å². The van der Waals surface area contributed by atoms with Crippen molar-refractivity contribution in [2.45, 2.75) is 19.0 Å². The zero-order valence-electron chi connectivity index (χ0n) is 16.1. The molecule has 1 aromatic heterocycles. The van der Waals surface area contributed by atoms with Crippen molar-refractivity contribution in [2.24, 2.45) is 0 Å². The van der Waals surface area contributed by atoms with Crippen LogP contribution in [0.5, 0.6) is 0 Å². The molecular weight excluding hydrogens is 417 g/mol. The molecule has 0 radical (unpaired) electrons. The lowest BCUT2D eigenvalue weighted by Gasteiger charge is -2.35. The van der Waals surface area contributed by atoms with Gasteiger partial charge in [-0.15, -0.1) is 36.2 Å². The lowest BCUT2D eigenvalue weighted by molar-refractivity contribution is -0.120. The van der Waals surface area contributed by atoms with Crippen molar-refractivity contribution in [2.75, 3.05) is 39.9 Å². The predicted octanol–water partition coefficient (Wildman–Crippen LogP) is 3.04. The Kier molecular flexibility index (Phi) is 11.7. The molecular formula is C20H29Cl2N3O2S. The van der Waals surface area contributed by atoms with Crippen LogP contribution in [-0.4, -0.2) is 50.7 Å². The van der Waals surface area contributed by atoms with Crippen molar-refractivity contribution >= 4 is 42.1 Å². The first kappa shape index (κ1) is 24.9. The highest BCUT2D eigenvalue weighted by atomic mass is 35.5. The first-order chi connectivity index (χ1) is 12.8. The van der Waals surface area contributed by atoms with Gasteiger partial charge in [-0.25, -0.2) is 0 Å². The Morgan fingerprint density at radius 2 is 2.04 bits per heavy atom. The maximum absolute atomic E-state index is 12.2. The van der Waals surface area contributed by atoms with Crippen LogP contribution in [0.1, 0.15) is 22.0 Å². The Morgan fingerprint density at radius 3 is 2.79 bits per heavy atom. The summed E-state index contributed by atoms with van der Waals surface area (Å²) in [6.45, 7) is 4.19. The minimum absolute atomic E-state index is 0. The summed E-state index contributed by atoms with van der Waals surface area (Å²) in [5.41, 5.74) is 2.67. The summed E-state index contributed by atoms with van der Waals surface area (Å²) in [6.07, 6.45) is 1.09. The van der Waals surface area contributed by atoms with E-state index in [4.69, 9.17) is 4.74 Å². The lowest BCUT2D eigenvalue weighted by Crippen LogP contribution is -2.42. The molecule has 0 bridgehead atoms. The van der Waals surface area contributed by atoms with Crippen LogP contribution >= 0.6 is 36.2 Å². The fourth-order valence-corrected chi connectivity index (χ4v) is 4.21. The van der Waals surface area contributed by atoms with E-state index in [0.717, 1.165) is 19.5 Å². The van der Waals surface area contributed by atoms with E-state index >= 15 is 0 Å². The summed E-state index contributed by atoms with van der Waals surface area (Å²) in [4.78, 5) is 16.1. The molecule has 2 N–H and O–H groups in total. The van der Waals surface area contributed by atoms with Crippen molar-refractivity contribution < 1.29 is 9.53 Å². The molecule has 8 heteroatoms. The molecule has 1 amide bonds. The summed E-state index contributed by atoms with van der Waals surface area (Å²) in [5, 5.41) is 8.36. The SMILES string of the molecule is COCCNCC(=O)NCC(c1ccccc1)N1CCc2sccc2C1.Cl.Cl. The maximum Gasteiger partial charge on any atom is 0.234 e. The molecule has 5 nitrogen and oxygen atoms in total. The van der Waals surface area contributed by atoms with Gasteiger partial charge in [-0.05, 0) is 29.0 Å². The standard InChI is InChI=1S/C20H27N3O2S.2ClH/c1-25-11-9-21-14-20(24)22-13-18(16-5-3-2-4-6-16)23-10-7-19-17(15-23)8-12-26-19;;/h2-6,8,12,18,21H,7,9-11,13-15H2,1H3,(H,22,24);2*1H. The van der Waals surface area contributed by atoms with Gasteiger partial charge in [-0.3, -0.25) is 9.69 Å². The van der Waals surface area contributed by atoms with E-state index in [1.54, 1.807) is 7.11 Å². The number of benzene rings is 1. The van der Waals surface area contributed by atoms with Crippen LogP contribution in [0.25, 0.3) is 0 Å². The molecule has 0 aliphatic carbocycles. The van der Waals surface area contributed by atoms with Crippen LogP contribution in [0.15, 0.2) is 41.8 Å². The first-order valence-electron chi connectivity index (χ1n) is 9.08. The van der Waals surface area contributed by atoms with Gasteiger partial charge >= 0.3 is 0 Å². The molecule has 1 atom stereocenters. The van der Waals surface area contributed by atoms with Crippen LogP contribution in [0.3, 0.4) is 0 Å². The largest absolute Gasteiger partial charge is 0.383 e. The van der Waals surface area contributed by atoms with Crippen molar-refractivity contribution in [3.05, 3.63) is 57.8 Å². The van der Waals surface area contributed by atoms with Gasteiger partial charge in [0.25, 0.3) is 0 Å². The molecule has 28 heavy (non-hydrogen) atoms. The second kappa shape index (κ2) is 13.1. The Labute approximate surface area is 183 Å². The summed E-state index contributed by atoms with van der Waals surface area (Å²) < 4.78 is 4.98. The van der Waals surface area contributed by atoms with E-state index in [1.165, 1.54) is 16.0 Å². The number of halogens is 2. The van der Waals surface area contributed by atoms with E-state index in [2.05, 4.69) is 51.2 Å². The number of fused-ring (bicyclic) bond motifs is 1. The van der Waals surface area contributed by atoms with Crippen LogP contribution in [0.4, 0.5) is 0 Å². The van der Waals surface area contributed by atoms with Crippen LogP contribution in [0, 0.1) is 0 Å². The van der Waals surface area contributed by atoms with Gasteiger partial charge in [0, 0.05) is 38.2 Å². The number of carbonyl (C=O) groups is 1. The molecule has 1 aliphatic heterocycles. The van der Waals surface area contributed by atoms with Gasteiger partial charge in [0.15, 0.2) is 0 Å². The Balaban J connectivity index is 0.00000196. The zero-order chi connectivity index (χ0) is 18.2. The number of methoxy groups -OCH3 is 1. The predicted molar refractivity (Wildman–Crippen MR) is 120 cm³/mol. The number of nitrogens with one attached hydrogen (secondary N) is 2. The number of hydrogen-bond donors (Lipinski definition) is 2. The molecule has 0 saturated heterocycles. The van der Waals surface area contributed by atoms with Gasteiger partial charge in [0.1, 0.15) is 0 Å². The van der Waals surface area contributed by atoms with Crippen molar-refractivity contribution in [3.8, 4) is 0 Å². The number of carbonyl (C=O) groups excluding carboxylic acids is 1. The summed E-state index contributed by atoms with van der Waals surface area (Å²) >= 11 is 1.85. The Hall–Kier alpha value is -1.15. The quantitative estimate of drug-likeness (QED) is 0.582. The van der Waals surface area contributed by atoms with Gasteiger partial charge in [-0.1, -0.05) is 30.3 Å². The van der Waals surface area contributed by atoms with Crippen LogP contribution < -0.4 is 10.6 Å². The number of amides is 1. The number of thiophene rings is 1. The first-order valence-corrected chi connectivity index (χ1v) is 9.96. The fraction of sp³-hybridized carbons (Fsp3) is 0.450. The third-order valence-corrected chi connectivity index (χ3v) is 5.75. The zero-order valence-corrected chi connectivity index (χ0v) is 18.5. The van der Waals surface area contributed by atoms with Gasteiger partial charge in [0.2, 0.25) is 5.91 Å². The van der Waals surface area contributed by atoms with Gasteiger partial charge < -0.3 is 15.4 Å². The highest BCUT2D eigenvalue weighted by molar-refractivity contribution is 7.10. The average molecular weight is 446 g/mol. The second-order valence-corrected chi connectivity index (χ2v) is 7.49. The number of hydrogen-bond acceptors (Lipinski definition) is 5. The molecule has 2 heterocycles. The molecule has 1 aliphatic rings. The summed E-state index contributed by atoms with van der Waals surface area (Å²) in [5.74, 6) is 0.0234. The normalized spacial score (nSPS) is 14.3.